The minimum atomic E-state index is -4.01. The van der Waals surface area contributed by atoms with Gasteiger partial charge in [0.05, 0.1) is 11.6 Å². The minimum Gasteiger partial charge on any atom is -0.377 e. The Balaban J connectivity index is 2.19. The summed E-state index contributed by atoms with van der Waals surface area (Å²) in [6.45, 7) is -0.157. The maximum atomic E-state index is 12.2. The van der Waals surface area contributed by atoms with Crippen LogP contribution in [0.4, 0.5) is 5.69 Å². The molecule has 0 heterocycles. The second-order valence-electron chi connectivity index (χ2n) is 4.24. The maximum Gasteiger partial charge on any atom is 0.339 e. The van der Waals surface area contributed by atoms with E-state index in [0.717, 1.165) is 0 Å². The minimum absolute atomic E-state index is 0.0460. The fourth-order valence-corrected chi connectivity index (χ4v) is 2.76. The Kier molecular flexibility index (Phi) is 5.02. The number of anilines is 1. The number of benzene rings is 2. The predicted molar refractivity (Wildman–Crippen MR) is 83.4 cm³/mol. The molecule has 2 aromatic rings. The Bertz CT molecular complexity index is 776. The molecule has 3 N–H and O–H groups in total. The molecular formula is C14H13ClN2O4S. The van der Waals surface area contributed by atoms with Gasteiger partial charge in [0.2, 0.25) is 5.91 Å². The highest BCUT2D eigenvalue weighted by atomic mass is 35.5. The first-order valence-corrected chi connectivity index (χ1v) is 8.00. The van der Waals surface area contributed by atoms with Crippen LogP contribution in [-0.4, -0.2) is 20.9 Å². The van der Waals surface area contributed by atoms with E-state index in [2.05, 4.69) is 5.32 Å². The number of carbonyl (C=O) groups excluding carboxylic acids is 1. The maximum absolute atomic E-state index is 12.2. The molecule has 0 bridgehead atoms. The van der Waals surface area contributed by atoms with Gasteiger partial charge >= 0.3 is 10.1 Å². The van der Waals surface area contributed by atoms with Gasteiger partial charge in [-0.2, -0.15) is 8.42 Å². The van der Waals surface area contributed by atoms with Crippen molar-refractivity contribution >= 4 is 33.3 Å². The van der Waals surface area contributed by atoms with E-state index >= 15 is 0 Å². The highest BCUT2D eigenvalue weighted by molar-refractivity contribution is 7.87. The molecule has 0 unspecified atom stereocenters. The van der Waals surface area contributed by atoms with Crippen LogP contribution >= 0.6 is 11.6 Å². The van der Waals surface area contributed by atoms with Gasteiger partial charge in [-0.15, -0.1) is 0 Å². The third-order valence-electron chi connectivity index (χ3n) is 2.65. The number of nitrogens with two attached hydrogens (primary N) is 1. The van der Waals surface area contributed by atoms with Crippen molar-refractivity contribution in [3.63, 3.8) is 0 Å². The molecule has 0 saturated heterocycles. The van der Waals surface area contributed by atoms with Crippen molar-refractivity contribution in [1.82, 2.24) is 0 Å². The second-order valence-corrected chi connectivity index (χ2v) is 6.20. The molecule has 22 heavy (non-hydrogen) atoms. The first kappa shape index (κ1) is 16.3. The Labute approximate surface area is 133 Å². The lowest BCUT2D eigenvalue weighted by molar-refractivity contribution is -0.114. The van der Waals surface area contributed by atoms with Gasteiger partial charge in [0.25, 0.3) is 0 Å². The number of hydrogen-bond acceptors (Lipinski definition) is 5. The van der Waals surface area contributed by atoms with Crippen molar-refractivity contribution in [3.05, 3.63) is 53.6 Å². The predicted octanol–water partition coefficient (Wildman–Crippen LogP) is 2.00. The van der Waals surface area contributed by atoms with Crippen LogP contribution in [0.5, 0.6) is 5.75 Å². The van der Waals surface area contributed by atoms with E-state index in [-0.39, 0.29) is 28.1 Å². The van der Waals surface area contributed by atoms with Crippen LogP contribution in [0.15, 0.2) is 53.4 Å². The number of rotatable bonds is 5. The quantitative estimate of drug-likeness (QED) is 0.811. The van der Waals surface area contributed by atoms with E-state index in [0.29, 0.717) is 5.69 Å². The van der Waals surface area contributed by atoms with Gasteiger partial charge in [-0.25, -0.2) is 0 Å². The average Bonchev–Trinajstić information content (AvgIpc) is 2.50. The standard InChI is InChI=1S/C14H13ClN2O4S/c15-12-3-1-2-4-13(12)21-22(19,20)11-7-5-10(6-8-11)17-14(18)9-16/h1-8H,9,16H2,(H,17,18). The number of carbonyl (C=O) groups is 1. The largest absolute Gasteiger partial charge is 0.377 e. The topological polar surface area (TPSA) is 98.5 Å². The van der Waals surface area contributed by atoms with Crippen LogP contribution in [0.1, 0.15) is 0 Å². The van der Waals surface area contributed by atoms with Crippen LogP contribution < -0.4 is 15.2 Å². The molecule has 2 rings (SSSR count). The molecule has 0 aliphatic rings. The van der Waals surface area contributed by atoms with Gasteiger partial charge in [-0.3, -0.25) is 4.79 Å². The van der Waals surface area contributed by atoms with E-state index in [1.807, 2.05) is 0 Å². The Morgan fingerprint density at radius 1 is 1.14 bits per heavy atom. The Morgan fingerprint density at radius 3 is 2.36 bits per heavy atom. The van der Waals surface area contributed by atoms with Crippen molar-refractivity contribution in [3.8, 4) is 5.75 Å². The van der Waals surface area contributed by atoms with Crippen LogP contribution in [0.3, 0.4) is 0 Å². The fourth-order valence-electron chi connectivity index (χ4n) is 1.60. The number of halogens is 1. The Morgan fingerprint density at radius 2 is 1.77 bits per heavy atom. The summed E-state index contributed by atoms with van der Waals surface area (Å²) in [7, 11) is -4.01. The zero-order chi connectivity index (χ0) is 16.2. The van der Waals surface area contributed by atoms with Crippen LogP contribution in [0.25, 0.3) is 0 Å². The highest BCUT2D eigenvalue weighted by Crippen LogP contribution is 2.27. The van der Waals surface area contributed by atoms with Gasteiger partial charge in [0, 0.05) is 5.69 Å². The van der Waals surface area contributed by atoms with Gasteiger partial charge < -0.3 is 15.2 Å². The third-order valence-corrected chi connectivity index (χ3v) is 4.21. The van der Waals surface area contributed by atoms with Crippen molar-refractivity contribution in [1.29, 1.82) is 0 Å². The molecule has 0 saturated carbocycles. The van der Waals surface area contributed by atoms with Gasteiger partial charge in [-0.05, 0) is 36.4 Å². The fraction of sp³-hybridized carbons (Fsp3) is 0.0714. The van der Waals surface area contributed by atoms with Crippen LogP contribution in [0, 0.1) is 0 Å². The zero-order valence-corrected chi connectivity index (χ0v) is 12.9. The molecule has 0 fully saturated rings. The molecule has 1 amide bonds. The monoisotopic (exact) mass is 340 g/mol. The van der Waals surface area contributed by atoms with Crippen LogP contribution in [-0.2, 0) is 14.9 Å². The molecular weight excluding hydrogens is 328 g/mol. The van der Waals surface area contributed by atoms with Crippen molar-refractivity contribution in [2.75, 3.05) is 11.9 Å². The molecule has 2 aromatic carbocycles. The van der Waals surface area contributed by atoms with Gasteiger partial charge in [-0.1, -0.05) is 23.7 Å². The van der Waals surface area contributed by atoms with Gasteiger partial charge in [0.1, 0.15) is 4.90 Å². The SMILES string of the molecule is NCC(=O)Nc1ccc(S(=O)(=O)Oc2ccccc2Cl)cc1. The molecule has 0 radical (unpaired) electrons. The van der Waals surface area contributed by atoms with Crippen molar-refractivity contribution < 1.29 is 17.4 Å². The molecule has 0 atom stereocenters. The summed E-state index contributed by atoms with van der Waals surface area (Å²) in [6, 6.07) is 11.8. The molecule has 0 aliphatic heterocycles. The number of nitrogens with one attached hydrogen (secondary N) is 1. The summed E-state index contributed by atoms with van der Waals surface area (Å²) in [5, 5.41) is 2.70. The highest BCUT2D eigenvalue weighted by Gasteiger charge is 2.18. The first-order chi connectivity index (χ1) is 10.4. The summed E-state index contributed by atoms with van der Waals surface area (Å²) in [5.41, 5.74) is 5.62. The molecule has 8 heteroatoms. The summed E-state index contributed by atoms with van der Waals surface area (Å²) < 4.78 is 29.3. The summed E-state index contributed by atoms with van der Waals surface area (Å²) in [4.78, 5) is 11.1. The normalized spacial score (nSPS) is 11.0. The summed E-state index contributed by atoms with van der Waals surface area (Å²) in [6.07, 6.45) is 0. The number of hydrogen-bond donors (Lipinski definition) is 2. The lowest BCUT2D eigenvalue weighted by Crippen LogP contribution is -2.21. The molecule has 6 nitrogen and oxygen atoms in total. The summed E-state index contributed by atoms with van der Waals surface area (Å²) in [5.74, 6) is -0.326. The van der Waals surface area contributed by atoms with E-state index in [1.165, 1.54) is 36.4 Å². The smallest absolute Gasteiger partial charge is 0.339 e. The average molecular weight is 341 g/mol. The van der Waals surface area contributed by atoms with E-state index in [9.17, 15) is 13.2 Å². The molecule has 0 aromatic heterocycles. The number of amides is 1. The van der Waals surface area contributed by atoms with Gasteiger partial charge in [0.15, 0.2) is 5.75 Å². The molecule has 0 aliphatic carbocycles. The Hall–Kier alpha value is -2.09. The van der Waals surface area contributed by atoms with E-state index in [1.54, 1.807) is 12.1 Å². The molecule has 0 spiro atoms. The zero-order valence-electron chi connectivity index (χ0n) is 11.3. The lowest BCUT2D eigenvalue weighted by atomic mass is 10.3. The first-order valence-electron chi connectivity index (χ1n) is 6.21. The lowest BCUT2D eigenvalue weighted by Gasteiger charge is -2.09. The second kappa shape index (κ2) is 6.78. The number of para-hydroxylation sites is 1. The summed E-state index contributed by atoms with van der Waals surface area (Å²) >= 11 is 5.87. The third kappa shape index (κ3) is 3.97. The van der Waals surface area contributed by atoms with E-state index < -0.39 is 10.1 Å². The van der Waals surface area contributed by atoms with Crippen molar-refractivity contribution in [2.24, 2.45) is 5.73 Å². The molecule has 116 valence electrons. The van der Waals surface area contributed by atoms with Crippen LogP contribution in [0.2, 0.25) is 5.02 Å². The van der Waals surface area contributed by atoms with Crippen molar-refractivity contribution in [2.45, 2.75) is 4.90 Å². The van der Waals surface area contributed by atoms with E-state index in [4.69, 9.17) is 21.5 Å².